The van der Waals surface area contributed by atoms with Gasteiger partial charge in [-0.25, -0.2) is 0 Å². The first kappa shape index (κ1) is 16.1. The van der Waals surface area contributed by atoms with Gasteiger partial charge in [-0.1, -0.05) is 29.8 Å². The number of hydrogen-bond donors (Lipinski definition) is 2. The summed E-state index contributed by atoms with van der Waals surface area (Å²) in [5, 5.41) is 24.1. The van der Waals surface area contributed by atoms with Crippen molar-refractivity contribution in [3.8, 4) is 0 Å². The van der Waals surface area contributed by atoms with Crippen LogP contribution in [0.2, 0.25) is 0 Å². The summed E-state index contributed by atoms with van der Waals surface area (Å²) in [6, 6.07) is 4.85. The normalized spacial score (nSPS) is 11.6. The second-order valence-corrected chi connectivity index (χ2v) is 5.48. The second kappa shape index (κ2) is 6.98. The molecule has 0 unspecified atom stereocenters. The average molecular weight is 331 g/mol. The first-order chi connectivity index (χ1) is 8.91. The van der Waals surface area contributed by atoms with Gasteiger partial charge in [-0.15, -0.1) is 0 Å². The Hall–Kier alpha value is -0.980. The molecule has 0 fully saturated rings. The van der Waals surface area contributed by atoms with Gasteiger partial charge in [0.1, 0.15) is 0 Å². The molecular formula is C13H19BrN2O3. The zero-order valence-corrected chi connectivity index (χ0v) is 12.7. The van der Waals surface area contributed by atoms with Gasteiger partial charge in [0.15, 0.2) is 0 Å². The Balaban J connectivity index is 2.72. The van der Waals surface area contributed by atoms with Crippen LogP contribution in [-0.4, -0.2) is 22.2 Å². The van der Waals surface area contributed by atoms with Crippen LogP contribution in [0, 0.1) is 10.1 Å². The molecule has 0 aliphatic heterocycles. The lowest BCUT2D eigenvalue weighted by molar-refractivity contribution is -0.385. The number of aliphatic hydroxyl groups is 1. The Labute approximate surface area is 121 Å². The Bertz CT molecular complexity index is 448. The fourth-order valence-corrected chi connectivity index (χ4v) is 2.21. The number of nitro groups is 1. The van der Waals surface area contributed by atoms with E-state index >= 15 is 0 Å². The van der Waals surface area contributed by atoms with Crippen molar-refractivity contribution in [3.05, 3.63) is 38.3 Å². The average Bonchev–Trinajstić information content (AvgIpc) is 2.38. The molecule has 2 N–H and O–H groups in total. The highest BCUT2D eigenvalue weighted by atomic mass is 79.9. The summed E-state index contributed by atoms with van der Waals surface area (Å²) in [5.41, 5.74) is -0.0537. The maximum absolute atomic E-state index is 10.9. The van der Waals surface area contributed by atoms with Crippen molar-refractivity contribution in [2.45, 2.75) is 38.8 Å². The van der Waals surface area contributed by atoms with E-state index in [0.717, 1.165) is 4.47 Å². The fraction of sp³-hybridized carbons (Fsp3) is 0.538. The van der Waals surface area contributed by atoms with Gasteiger partial charge in [0.05, 0.1) is 10.5 Å². The van der Waals surface area contributed by atoms with Crippen molar-refractivity contribution in [3.63, 3.8) is 0 Å². The highest BCUT2D eigenvalue weighted by molar-refractivity contribution is 9.10. The molecule has 0 saturated heterocycles. The number of nitro benzene ring substituents is 1. The summed E-state index contributed by atoms with van der Waals surface area (Å²) in [4.78, 5) is 10.5. The topological polar surface area (TPSA) is 75.4 Å². The SMILES string of the molecule is CCC(O)(CC)CNCc1cc(Br)ccc1[N+](=O)[O-]. The van der Waals surface area contributed by atoms with E-state index in [9.17, 15) is 15.2 Å². The minimum absolute atomic E-state index is 0.0900. The molecule has 106 valence electrons. The number of benzene rings is 1. The maximum Gasteiger partial charge on any atom is 0.273 e. The molecule has 0 radical (unpaired) electrons. The van der Waals surface area contributed by atoms with Crippen LogP contribution in [0.4, 0.5) is 5.69 Å². The lowest BCUT2D eigenvalue weighted by Gasteiger charge is -2.25. The summed E-state index contributed by atoms with van der Waals surface area (Å²) in [6.07, 6.45) is 1.30. The summed E-state index contributed by atoms with van der Waals surface area (Å²) in [5.74, 6) is 0. The number of halogens is 1. The van der Waals surface area contributed by atoms with Crippen molar-refractivity contribution >= 4 is 21.6 Å². The standard InChI is InChI=1S/C13H19BrN2O3/c1-3-13(17,4-2)9-15-8-10-7-11(14)5-6-12(10)16(18)19/h5-7,15,17H,3-4,8-9H2,1-2H3. The van der Waals surface area contributed by atoms with Crippen LogP contribution in [0.15, 0.2) is 22.7 Å². The quantitative estimate of drug-likeness (QED) is 0.595. The molecule has 0 heterocycles. The number of rotatable bonds is 7. The first-order valence-corrected chi connectivity index (χ1v) is 7.07. The molecule has 0 spiro atoms. The predicted molar refractivity (Wildman–Crippen MR) is 78.0 cm³/mol. The molecule has 0 aliphatic carbocycles. The van der Waals surface area contributed by atoms with Crippen molar-refractivity contribution in [2.24, 2.45) is 0 Å². The lowest BCUT2D eigenvalue weighted by atomic mass is 9.97. The van der Waals surface area contributed by atoms with E-state index in [1.807, 2.05) is 13.8 Å². The van der Waals surface area contributed by atoms with Crippen molar-refractivity contribution in [1.82, 2.24) is 5.32 Å². The number of nitrogens with zero attached hydrogens (tertiary/aromatic N) is 1. The summed E-state index contributed by atoms with van der Waals surface area (Å²) < 4.78 is 0.802. The van der Waals surface area contributed by atoms with E-state index < -0.39 is 10.5 Å². The highest BCUT2D eigenvalue weighted by Gasteiger charge is 2.22. The molecule has 0 atom stereocenters. The third kappa shape index (κ3) is 4.56. The first-order valence-electron chi connectivity index (χ1n) is 6.27. The van der Waals surface area contributed by atoms with E-state index in [1.165, 1.54) is 6.07 Å². The number of nitrogens with one attached hydrogen (secondary N) is 1. The lowest BCUT2D eigenvalue weighted by Crippen LogP contribution is -2.39. The molecule has 19 heavy (non-hydrogen) atoms. The molecule has 5 nitrogen and oxygen atoms in total. The van der Waals surface area contributed by atoms with Crippen LogP contribution in [-0.2, 0) is 6.54 Å². The van der Waals surface area contributed by atoms with Gasteiger partial charge in [-0.3, -0.25) is 10.1 Å². The van der Waals surface area contributed by atoms with Crippen molar-refractivity contribution in [2.75, 3.05) is 6.54 Å². The molecule has 0 aromatic heterocycles. The predicted octanol–water partition coefficient (Wildman–Crippen LogP) is 3.00. The summed E-state index contributed by atoms with van der Waals surface area (Å²) >= 11 is 3.30. The fourth-order valence-electron chi connectivity index (χ4n) is 1.80. The van der Waals surface area contributed by atoms with Gasteiger partial charge in [0, 0.05) is 29.2 Å². The van der Waals surface area contributed by atoms with E-state index in [2.05, 4.69) is 21.2 Å². The molecule has 0 saturated carbocycles. The van der Waals surface area contributed by atoms with Crippen molar-refractivity contribution < 1.29 is 10.0 Å². The van der Waals surface area contributed by atoms with Gasteiger partial charge >= 0.3 is 0 Å². The molecule has 6 heteroatoms. The van der Waals surface area contributed by atoms with E-state index in [4.69, 9.17) is 0 Å². The summed E-state index contributed by atoms with van der Waals surface area (Å²) in [6.45, 7) is 4.63. The minimum atomic E-state index is -0.749. The molecular weight excluding hydrogens is 312 g/mol. The van der Waals surface area contributed by atoms with Crippen molar-refractivity contribution in [1.29, 1.82) is 0 Å². The van der Waals surface area contributed by atoms with Crippen LogP contribution in [0.3, 0.4) is 0 Å². The van der Waals surface area contributed by atoms with E-state index in [1.54, 1.807) is 12.1 Å². The van der Waals surface area contributed by atoms with Gasteiger partial charge < -0.3 is 10.4 Å². The Kier molecular flexibility index (Phi) is 5.90. The Morgan fingerprint density at radius 1 is 1.42 bits per heavy atom. The van der Waals surface area contributed by atoms with Crippen LogP contribution in [0.1, 0.15) is 32.3 Å². The zero-order chi connectivity index (χ0) is 14.5. The summed E-state index contributed by atoms with van der Waals surface area (Å²) in [7, 11) is 0. The second-order valence-electron chi connectivity index (χ2n) is 4.57. The monoisotopic (exact) mass is 330 g/mol. The molecule has 0 amide bonds. The zero-order valence-electron chi connectivity index (χ0n) is 11.1. The largest absolute Gasteiger partial charge is 0.389 e. The maximum atomic E-state index is 10.9. The third-order valence-corrected chi connectivity index (χ3v) is 3.82. The molecule has 1 aromatic carbocycles. The molecule has 1 aromatic rings. The molecule has 0 aliphatic rings. The van der Waals surface area contributed by atoms with Crippen LogP contribution < -0.4 is 5.32 Å². The minimum Gasteiger partial charge on any atom is -0.389 e. The Morgan fingerprint density at radius 3 is 2.58 bits per heavy atom. The molecule has 1 rings (SSSR count). The third-order valence-electron chi connectivity index (χ3n) is 3.32. The van der Waals surface area contributed by atoms with E-state index in [-0.39, 0.29) is 5.69 Å². The Morgan fingerprint density at radius 2 is 2.05 bits per heavy atom. The number of hydrogen-bond acceptors (Lipinski definition) is 4. The van der Waals surface area contributed by atoms with Gasteiger partial charge in [0.25, 0.3) is 5.69 Å². The highest BCUT2D eigenvalue weighted by Crippen LogP contribution is 2.23. The van der Waals surface area contributed by atoms with Gasteiger partial charge in [0.2, 0.25) is 0 Å². The van der Waals surface area contributed by atoms with E-state index in [0.29, 0.717) is 31.5 Å². The van der Waals surface area contributed by atoms with Crippen LogP contribution in [0.5, 0.6) is 0 Å². The van der Waals surface area contributed by atoms with Gasteiger partial charge in [-0.05, 0) is 25.0 Å². The smallest absolute Gasteiger partial charge is 0.273 e. The van der Waals surface area contributed by atoms with Gasteiger partial charge in [-0.2, -0.15) is 0 Å². The van der Waals surface area contributed by atoms with Crippen LogP contribution >= 0.6 is 15.9 Å². The van der Waals surface area contributed by atoms with Crippen LogP contribution in [0.25, 0.3) is 0 Å². The molecule has 0 bridgehead atoms.